The van der Waals surface area contributed by atoms with Crippen LogP contribution >= 0.6 is 0 Å². The van der Waals surface area contributed by atoms with Crippen LogP contribution < -0.4 is 5.56 Å². The molecule has 6 heteroatoms. The molecule has 0 bridgehead atoms. The Morgan fingerprint density at radius 1 is 1.53 bits per heavy atom. The number of carbonyl (C=O) groups excluding carboxylic acids is 1. The number of halogens is 2. The summed E-state index contributed by atoms with van der Waals surface area (Å²) >= 11 is 0. The normalized spacial score (nSPS) is 10.6. The van der Waals surface area contributed by atoms with E-state index in [9.17, 15) is 18.4 Å². The molecule has 17 heavy (non-hydrogen) atoms. The topological polar surface area (TPSA) is 59.2 Å². The molecular formula is C11H13F2NO3. The highest BCUT2D eigenvalue weighted by Crippen LogP contribution is 2.16. The molecule has 1 aromatic heterocycles. The quantitative estimate of drug-likeness (QED) is 0.822. The van der Waals surface area contributed by atoms with E-state index < -0.39 is 23.5 Å². The van der Waals surface area contributed by atoms with Crippen molar-refractivity contribution in [3.05, 3.63) is 33.2 Å². The molecule has 4 nitrogen and oxygen atoms in total. The van der Waals surface area contributed by atoms with Crippen LogP contribution in [-0.4, -0.2) is 17.6 Å². The number of esters is 1. The monoisotopic (exact) mass is 245 g/mol. The van der Waals surface area contributed by atoms with E-state index in [0.717, 1.165) is 6.07 Å². The van der Waals surface area contributed by atoms with E-state index in [0.29, 0.717) is 11.3 Å². The molecule has 0 saturated carbocycles. The van der Waals surface area contributed by atoms with Gasteiger partial charge in [0.1, 0.15) is 0 Å². The molecule has 0 atom stereocenters. The van der Waals surface area contributed by atoms with Crippen LogP contribution in [0, 0.1) is 6.92 Å². The number of hydrogen-bond donors (Lipinski definition) is 1. The number of alkyl halides is 2. The van der Waals surface area contributed by atoms with Gasteiger partial charge in [-0.25, -0.2) is 8.78 Å². The van der Waals surface area contributed by atoms with E-state index in [1.807, 2.05) is 0 Å². The maximum Gasteiger partial charge on any atom is 0.311 e. The van der Waals surface area contributed by atoms with Crippen LogP contribution in [0.15, 0.2) is 10.9 Å². The average Bonchev–Trinajstić information content (AvgIpc) is 2.22. The van der Waals surface area contributed by atoms with Crippen LogP contribution in [0.4, 0.5) is 8.78 Å². The van der Waals surface area contributed by atoms with Gasteiger partial charge in [-0.15, -0.1) is 0 Å². The van der Waals surface area contributed by atoms with Crippen molar-refractivity contribution in [2.24, 2.45) is 0 Å². The summed E-state index contributed by atoms with van der Waals surface area (Å²) in [5.41, 5.74) is -0.717. The van der Waals surface area contributed by atoms with E-state index in [4.69, 9.17) is 4.74 Å². The molecule has 1 aromatic rings. The van der Waals surface area contributed by atoms with Gasteiger partial charge in [-0.3, -0.25) is 9.59 Å². The number of pyridine rings is 1. The number of hydrogen-bond acceptors (Lipinski definition) is 3. The summed E-state index contributed by atoms with van der Waals surface area (Å²) < 4.78 is 29.5. The van der Waals surface area contributed by atoms with Crippen molar-refractivity contribution in [2.45, 2.75) is 26.7 Å². The Kier molecular flexibility index (Phi) is 4.37. The second-order valence-corrected chi connectivity index (χ2v) is 3.50. The lowest BCUT2D eigenvalue weighted by Crippen LogP contribution is -2.19. The molecule has 1 N–H and O–H groups in total. The van der Waals surface area contributed by atoms with Gasteiger partial charge in [-0.05, 0) is 25.5 Å². The molecule has 94 valence electrons. The number of aryl methyl sites for hydroxylation is 1. The van der Waals surface area contributed by atoms with Crippen molar-refractivity contribution >= 4 is 5.97 Å². The van der Waals surface area contributed by atoms with Crippen LogP contribution in [0.5, 0.6) is 0 Å². The third kappa shape index (κ3) is 3.37. The minimum atomic E-state index is -2.82. The smallest absolute Gasteiger partial charge is 0.311 e. The molecule has 0 aromatic carbocycles. The molecule has 0 aliphatic heterocycles. The van der Waals surface area contributed by atoms with Crippen molar-refractivity contribution in [1.82, 2.24) is 4.98 Å². The molecule has 0 unspecified atom stereocenters. The number of aromatic nitrogens is 1. The fraction of sp³-hybridized carbons (Fsp3) is 0.455. The van der Waals surface area contributed by atoms with Crippen molar-refractivity contribution < 1.29 is 18.3 Å². The van der Waals surface area contributed by atoms with E-state index in [-0.39, 0.29) is 13.0 Å². The highest BCUT2D eigenvalue weighted by molar-refractivity contribution is 5.72. The van der Waals surface area contributed by atoms with Crippen LogP contribution in [0.25, 0.3) is 0 Å². The first kappa shape index (κ1) is 13.3. The number of ether oxygens (including phenoxy) is 1. The van der Waals surface area contributed by atoms with Gasteiger partial charge in [0.2, 0.25) is 0 Å². The maximum atomic E-state index is 12.4. The van der Waals surface area contributed by atoms with Crippen molar-refractivity contribution in [3.63, 3.8) is 0 Å². The van der Waals surface area contributed by atoms with E-state index in [2.05, 4.69) is 4.98 Å². The number of aromatic amines is 1. The summed E-state index contributed by atoms with van der Waals surface area (Å²) in [5.74, 6) is -0.504. The minimum absolute atomic E-state index is 0.127. The summed E-state index contributed by atoms with van der Waals surface area (Å²) in [4.78, 5) is 24.8. The van der Waals surface area contributed by atoms with Gasteiger partial charge in [0.05, 0.1) is 18.6 Å². The summed E-state index contributed by atoms with van der Waals surface area (Å²) in [7, 11) is 0. The predicted molar refractivity (Wildman–Crippen MR) is 57.1 cm³/mol. The van der Waals surface area contributed by atoms with E-state index in [1.165, 1.54) is 0 Å². The molecule has 1 rings (SSSR count). The molecule has 0 fully saturated rings. The zero-order valence-electron chi connectivity index (χ0n) is 9.55. The van der Waals surface area contributed by atoms with E-state index >= 15 is 0 Å². The summed E-state index contributed by atoms with van der Waals surface area (Å²) in [6.45, 7) is 3.45. The molecule has 0 saturated heterocycles. The Morgan fingerprint density at radius 3 is 2.71 bits per heavy atom. The van der Waals surface area contributed by atoms with Crippen LogP contribution in [0.3, 0.4) is 0 Å². The SMILES string of the molecule is CCOC(=O)Cc1[nH]c(=O)c(C(F)F)cc1C. The molecular weight excluding hydrogens is 232 g/mol. The second-order valence-electron chi connectivity index (χ2n) is 3.50. The summed E-state index contributed by atoms with van der Waals surface area (Å²) in [5, 5.41) is 0. The third-order valence-corrected chi connectivity index (χ3v) is 2.24. The van der Waals surface area contributed by atoms with Gasteiger partial charge in [0.15, 0.2) is 0 Å². The standard InChI is InChI=1S/C11H13F2NO3/c1-3-17-9(15)5-8-6(2)4-7(10(12)13)11(16)14-8/h4,10H,3,5H2,1-2H3,(H,14,16). The van der Waals surface area contributed by atoms with Crippen molar-refractivity contribution in [1.29, 1.82) is 0 Å². The lowest BCUT2D eigenvalue weighted by Gasteiger charge is -2.07. The first-order valence-corrected chi connectivity index (χ1v) is 5.12. The number of nitrogens with one attached hydrogen (secondary N) is 1. The minimum Gasteiger partial charge on any atom is -0.466 e. The first-order valence-electron chi connectivity index (χ1n) is 5.12. The third-order valence-electron chi connectivity index (χ3n) is 2.24. The largest absolute Gasteiger partial charge is 0.466 e. The maximum absolute atomic E-state index is 12.4. The second kappa shape index (κ2) is 5.56. The van der Waals surface area contributed by atoms with Crippen LogP contribution in [-0.2, 0) is 16.0 Å². The summed E-state index contributed by atoms with van der Waals surface area (Å²) in [6, 6.07) is 1.10. The molecule has 0 aliphatic rings. The fourth-order valence-electron chi connectivity index (χ4n) is 1.40. The molecule has 0 spiro atoms. The van der Waals surface area contributed by atoms with Gasteiger partial charge in [0.25, 0.3) is 12.0 Å². The summed E-state index contributed by atoms with van der Waals surface area (Å²) in [6.07, 6.45) is -2.95. The van der Waals surface area contributed by atoms with Crippen LogP contribution in [0.2, 0.25) is 0 Å². The number of rotatable bonds is 4. The highest BCUT2D eigenvalue weighted by Gasteiger charge is 2.15. The van der Waals surface area contributed by atoms with Crippen LogP contribution in [0.1, 0.15) is 30.2 Å². The van der Waals surface area contributed by atoms with Gasteiger partial charge >= 0.3 is 5.97 Å². The van der Waals surface area contributed by atoms with Gasteiger partial charge in [-0.2, -0.15) is 0 Å². The van der Waals surface area contributed by atoms with Gasteiger partial charge in [0, 0.05) is 5.69 Å². The Balaban J connectivity index is 3.00. The van der Waals surface area contributed by atoms with Gasteiger partial charge < -0.3 is 9.72 Å². The lowest BCUT2D eigenvalue weighted by atomic mass is 10.1. The molecule has 1 heterocycles. The van der Waals surface area contributed by atoms with E-state index in [1.54, 1.807) is 13.8 Å². The first-order chi connectivity index (χ1) is 7.95. The lowest BCUT2D eigenvalue weighted by molar-refractivity contribution is -0.142. The van der Waals surface area contributed by atoms with Gasteiger partial charge in [-0.1, -0.05) is 0 Å². The Hall–Kier alpha value is -1.72. The number of H-pyrrole nitrogens is 1. The Labute approximate surface area is 96.6 Å². The Bertz CT molecular complexity index is 468. The van der Waals surface area contributed by atoms with Crippen molar-refractivity contribution in [2.75, 3.05) is 6.61 Å². The fourth-order valence-corrected chi connectivity index (χ4v) is 1.40. The number of carbonyl (C=O) groups is 1. The average molecular weight is 245 g/mol. The highest BCUT2D eigenvalue weighted by atomic mass is 19.3. The zero-order chi connectivity index (χ0) is 13.0. The Morgan fingerprint density at radius 2 is 2.18 bits per heavy atom. The molecule has 0 aliphatic carbocycles. The zero-order valence-corrected chi connectivity index (χ0v) is 9.55. The predicted octanol–water partition coefficient (Wildman–Crippen LogP) is 1.73. The van der Waals surface area contributed by atoms with Crippen molar-refractivity contribution in [3.8, 4) is 0 Å². The molecule has 0 radical (unpaired) electrons. The molecule has 0 amide bonds.